The summed E-state index contributed by atoms with van der Waals surface area (Å²) in [4.78, 5) is 16.9. The molecule has 4 nitrogen and oxygen atoms in total. The van der Waals surface area contributed by atoms with Crippen LogP contribution < -0.4 is 5.43 Å². The molecular weight excluding hydrogens is 353 g/mol. The minimum absolute atomic E-state index is 0.359. The molecule has 3 aromatic rings. The van der Waals surface area contributed by atoms with Gasteiger partial charge in [0.2, 0.25) is 0 Å². The molecule has 3 rings (SSSR count). The summed E-state index contributed by atoms with van der Waals surface area (Å²) in [5.74, 6) is -0.359. The second-order valence-electron chi connectivity index (χ2n) is 4.74. The van der Waals surface area contributed by atoms with Gasteiger partial charge in [-0.3, -0.25) is 9.78 Å². The van der Waals surface area contributed by atoms with Gasteiger partial charge in [-0.15, -0.1) is 11.3 Å². The lowest BCUT2D eigenvalue weighted by Gasteiger charge is -2.01. The fourth-order valence-corrected chi connectivity index (χ4v) is 3.69. The molecule has 2 heterocycles. The largest absolute Gasteiger partial charge is 0.283 e. The highest BCUT2D eigenvalue weighted by Crippen LogP contribution is 2.36. The standard InChI is InChI=1S/C16H11Cl2N3OS/c1-9(12-4-2-3-7-19-12)20-21-16(22)15-14(18)11-6-5-10(17)8-13(11)23-15/h2-8H,1H3,(H,21,22). The van der Waals surface area contributed by atoms with Crippen molar-refractivity contribution in [2.24, 2.45) is 5.10 Å². The summed E-state index contributed by atoms with van der Waals surface area (Å²) in [5, 5.41) is 5.89. The highest BCUT2D eigenvalue weighted by Gasteiger charge is 2.17. The Kier molecular flexibility index (Phi) is 4.61. The zero-order chi connectivity index (χ0) is 16.4. The number of thiophene rings is 1. The van der Waals surface area contributed by atoms with Crippen molar-refractivity contribution in [3.8, 4) is 0 Å². The van der Waals surface area contributed by atoms with Crippen LogP contribution in [0.5, 0.6) is 0 Å². The van der Waals surface area contributed by atoms with Crippen LogP contribution in [0.4, 0.5) is 0 Å². The number of rotatable bonds is 3. The van der Waals surface area contributed by atoms with Crippen molar-refractivity contribution in [2.75, 3.05) is 0 Å². The van der Waals surface area contributed by atoms with Crippen LogP contribution in [0.1, 0.15) is 22.3 Å². The zero-order valence-electron chi connectivity index (χ0n) is 12.0. The minimum atomic E-state index is -0.359. The van der Waals surface area contributed by atoms with Crippen LogP contribution in [0.15, 0.2) is 47.7 Å². The third kappa shape index (κ3) is 3.37. The lowest BCUT2D eigenvalue weighted by Crippen LogP contribution is -2.18. The van der Waals surface area contributed by atoms with Gasteiger partial charge in [0.1, 0.15) is 4.88 Å². The van der Waals surface area contributed by atoms with E-state index in [1.165, 1.54) is 11.3 Å². The number of hydrogen-bond donors (Lipinski definition) is 1. The number of carbonyl (C=O) groups excluding carboxylic acids is 1. The Labute approximate surface area is 146 Å². The molecule has 1 amide bonds. The molecule has 23 heavy (non-hydrogen) atoms. The molecule has 0 spiro atoms. The predicted molar refractivity (Wildman–Crippen MR) is 95.8 cm³/mol. The van der Waals surface area contributed by atoms with Crippen molar-refractivity contribution in [1.82, 2.24) is 10.4 Å². The van der Waals surface area contributed by atoms with E-state index in [2.05, 4.69) is 15.5 Å². The monoisotopic (exact) mass is 363 g/mol. The number of hydrazone groups is 1. The molecule has 0 unspecified atom stereocenters. The lowest BCUT2D eigenvalue weighted by atomic mass is 10.2. The summed E-state index contributed by atoms with van der Waals surface area (Å²) in [7, 11) is 0. The number of hydrogen-bond acceptors (Lipinski definition) is 4. The average molecular weight is 364 g/mol. The molecule has 7 heteroatoms. The molecule has 0 radical (unpaired) electrons. The molecule has 1 N–H and O–H groups in total. The summed E-state index contributed by atoms with van der Waals surface area (Å²) in [6.07, 6.45) is 1.67. The quantitative estimate of drug-likeness (QED) is 0.538. The highest BCUT2D eigenvalue weighted by molar-refractivity contribution is 7.21. The fraction of sp³-hybridized carbons (Fsp3) is 0.0625. The Morgan fingerprint density at radius 1 is 1.26 bits per heavy atom. The first-order valence-corrected chi connectivity index (χ1v) is 8.27. The van der Waals surface area contributed by atoms with E-state index in [0.717, 1.165) is 10.1 Å². The van der Waals surface area contributed by atoms with Crippen LogP contribution in [0, 0.1) is 0 Å². The topological polar surface area (TPSA) is 54.4 Å². The predicted octanol–water partition coefficient (Wildman–Crippen LogP) is 4.76. The van der Waals surface area contributed by atoms with Crippen LogP contribution in [0.3, 0.4) is 0 Å². The van der Waals surface area contributed by atoms with Crippen molar-refractivity contribution in [3.63, 3.8) is 0 Å². The maximum Gasteiger partial charge on any atom is 0.283 e. The lowest BCUT2D eigenvalue weighted by molar-refractivity contribution is 0.0959. The molecule has 0 saturated heterocycles. The number of aromatic nitrogens is 1. The van der Waals surface area contributed by atoms with E-state index in [4.69, 9.17) is 23.2 Å². The zero-order valence-corrected chi connectivity index (χ0v) is 14.3. The van der Waals surface area contributed by atoms with Gasteiger partial charge in [-0.1, -0.05) is 35.3 Å². The van der Waals surface area contributed by atoms with Gasteiger partial charge in [0, 0.05) is 21.3 Å². The SMILES string of the molecule is CC(=NNC(=O)c1sc2cc(Cl)ccc2c1Cl)c1ccccn1. The molecule has 0 aliphatic heterocycles. The number of amides is 1. The summed E-state index contributed by atoms with van der Waals surface area (Å²) < 4.78 is 0.859. The molecule has 0 aliphatic carbocycles. The number of fused-ring (bicyclic) bond motifs is 1. The third-order valence-electron chi connectivity index (χ3n) is 3.16. The van der Waals surface area contributed by atoms with E-state index in [-0.39, 0.29) is 5.91 Å². The van der Waals surface area contributed by atoms with Crippen LogP contribution in [0.2, 0.25) is 10.0 Å². The van der Waals surface area contributed by atoms with Gasteiger partial charge >= 0.3 is 0 Å². The van der Waals surface area contributed by atoms with Crippen molar-refractivity contribution >= 4 is 56.2 Å². The van der Waals surface area contributed by atoms with E-state index in [0.29, 0.717) is 26.3 Å². The first-order chi connectivity index (χ1) is 11.1. The van der Waals surface area contributed by atoms with Crippen LogP contribution >= 0.6 is 34.5 Å². The summed E-state index contributed by atoms with van der Waals surface area (Å²) in [6, 6.07) is 10.8. The van der Waals surface area contributed by atoms with E-state index < -0.39 is 0 Å². The van der Waals surface area contributed by atoms with Crippen molar-refractivity contribution < 1.29 is 4.79 Å². The van der Waals surface area contributed by atoms with Gasteiger partial charge in [0.05, 0.1) is 16.4 Å². The minimum Gasteiger partial charge on any atom is -0.266 e. The second-order valence-corrected chi connectivity index (χ2v) is 6.61. The van der Waals surface area contributed by atoms with Gasteiger partial charge in [-0.05, 0) is 31.2 Å². The average Bonchev–Trinajstić information content (AvgIpc) is 2.89. The number of benzene rings is 1. The molecular formula is C16H11Cl2N3OS. The van der Waals surface area contributed by atoms with Crippen LogP contribution in [-0.4, -0.2) is 16.6 Å². The number of nitrogens with one attached hydrogen (secondary N) is 1. The molecule has 2 aromatic heterocycles. The molecule has 0 fully saturated rings. The molecule has 0 saturated carbocycles. The maximum atomic E-state index is 12.3. The van der Waals surface area contributed by atoms with Crippen molar-refractivity contribution in [1.29, 1.82) is 0 Å². The Hall–Kier alpha value is -1.95. The van der Waals surface area contributed by atoms with Gasteiger partial charge in [-0.2, -0.15) is 5.10 Å². The number of pyridine rings is 1. The Balaban J connectivity index is 1.85. The fourth-order valence-electron chi connectivity index (χ4n) is 2.00. The van der Waals surface area contributed by atoms with Crippen LogP contribution in [-0.2, 0) is 0 Å². The van der Waals surface area contributed by atoms with Gasteiger partial charge in [-0.25, -0.2) is 5.43 Å². The van der Waals surface area contributed by atoms with Crippen molar-refractivity contribution in [3.05, 3.63) is 63.2 Å². The number of nitrogens with zero attached hydrogens (tertiary/aromatic N) is 2. The third-order valence-corrected chi connectivity index (χ3v) is 5.05. The van der Waals surface area contributed by atoms with Crippen molar-refractivity contribution in [2.45, 2.75) is 6.92 Å². The highest BCUT2D eigenvalue weighted by atomic mass is 35.5. The Bertz CT molecular complexity index is 906. The number of halogens is 2. The first kappa shape index (κ1) is 15.9. The maximum absolute atomic E-state index is 12.3. The van der Waals surface area contributed by atoms with Gasteiger partial charge < -0.3 is 0 Å². The summed E-state index contributed by atoms with van der Waals surface area (Å²) in [5.41, 5.74) is 3.82. The molecule has 0 aliphatic rings. The first-order valence-electron chi connectivity index (χ1n) is 6.70. The number of carbonyl (C=O) groups is 1. The molecule has 1 aromatic carbocycles. The van der Waals surface area contributed by atoms with Gasteiger partial charge in [0.15, 0.2) is 0 Å². The van der Waals surface area contributed by atoms with E-state index in [1.54, 1.807) is 31.3 Å². The van der Waals surface area contributed by atoms with E-state index in [9.17, 15) is 4.79 Å². The Morgan fingerprint density at radius 3 is 2.83 bits per heavy atom. The van der Waals surface area contributed by atoms with Gasteiger partial charge in [0.25, 0.3) is 5.91 Å². The molecule has 0 bridgehead atoms. The smallest absolute Gasteiger partial charge is 0.266 e. The van der Waals surface area contributed by atoms with E-state index >= 15 is 0 Å². The normalized spacial score (nSPS) is 11.7. The molecule has 0 atom stereocenters. The van der Waals surface area contributed by atoms with Crippen LogP contribution in [0.25, 0.3) is 10.1 Å². The summed E-state index contributed by atoms with van der Waals surface area (Å²) in [6.45, 7) is 1.77. The summed E-state index contributed by atoms with van der Waals surface area (Å²) >= 11 is 13.5. The second kappa shape index (κ2) is 6.66. The molecule has 116 valence electrons. The Morgan fingerprint density at radius 2 is 2.09 bits per heavy atom. The van der Waals surface area contributed by atoms with E-state index in [1.807, 2.05) is 18.2 Å².